The van der Waals surface area contributed by atoms with Crippen LogP contribution in [0.5, 0.6) is 0 Å². The molecule has 1 nitrogen and oxygen atoms in total. The van der Waals surface area contributed by atoms with Crippen molar-refractivity contribution < 1.29 is 4.79 Å². The molecule has 1 aliphatic carbocycles. The van der Waals surface area contributed by atoms with Crippen LogP contribution in [0.4, 0.5) is 0 Å². The standard InChI is InChI=1S/C10H8BrClO/c11-8-3-1-2-7(9(8)12)10(13)6-4-5-6/h1-3,6H,4-5H2. The summed E-state index contributed by atoms with van der Waals surface area (Å²) >= 11 is 9.29. The van der Waals surface area contributed by atoms with E-state index >= 15 is 0 Å². The molecular weight excluding hydrogens is 251 g/mol. The number of benzene rings is 1. The highest BCUT2D eigenvalue weighted by Gasteiger charge is 2.31. The molecule has 0 spiro atoms. The van der Waals surface area contributed by atoms with Crippen LogP contribution in [0.25, 0.3) is 0 Å². The number of halogens is 2. The Bertz CT molecular complexity index is 358. The Labute approximate surface area is 90.2 Å². The summed E-state index contributed by atoms with van der Waals surface area (Å²) in [6.07, 6.45) is 2.03. The van der Waals surface area contributed by atoms with Crippen LogP contribution in [0.1, 0.15) is 23.2 Å². The highest BCUT2D eigenvalue weighted by Crippen LogP contribution is 2.36. The highest BCUT2D eigenvalue weighted by molar-refractivity contribution is 9.10. The van der Waals surface area contributed by atoms with Gasteiger partial charge in [0, 0.05) is 16.0 Å². The lowest BCUT2D eigenvalue weighted by molar-refractivity contribution is 0.0968. The van der Waals surface area contributed by atoms with Gasteiger partial charge in [-0.25, -0.2) is 0 Å². The van der Waals surface area contributed by atoms with Crippen LogP contribution in [0.3, 0.4) is 0 Å². The lowest BCUT2D eigenvalue weighted by Crippen LogP contribution is -2.01. The number of rotatable bonds is 2. The first-order chi connectivity index (χ1) is 6.20. The van der Waals surface area contributed by atoms with Gasteiger partial charge < -0.3 is 0 Å². The van der Waals surface area contributed by atoms with E-state index in [-0.39, 0.29) is 11.7 Å². The molecule has 0 heterocycles. The van der Waals surface area contributed by atoms with E-state index in [4.69, 9.17) is 11.6 Å². The Balaban J connectivity index is 2.38. The summed E-state index contributed by atoms with van der Waals surface area (Å²) < 4.78 is 0.792. The van der Waals surface area contributed by atoms with Crippen molar-refractivity contribution in [2.24, 2.45) is 5.92 Å². The maximum Gasteiger partial charge on any atom is 0.167 e. The van der Waals surface area contributed by atoms with Gasteiger partial charge in [0.15, 0.2) is 5.78 Å². The molecule has 1 aromatic carbocycles. The van der Waals surface area contributed by atoms with Crippen molar-refractivity contribution >= 4 is 33.3 Å². The average Bonchev–Trinajstić information content (AvgIpc) is 2.91. The Morgan fingerprint density at radius 3 is 2.77 bits per heavy atom. The van der Waals surface area contributed by atoms with Gasteiger partial charge in [0.2, 0.25) is 0 Å². The van der Waals surface area contributed by atoms with E-state index < -0.39 is 0 Å². The van der Waals surface area contributed by atoms with E-state index in [1.165, 1.54) is 0 Å². The number of ketones is 1. The van der Waals surface area contributed by atoms with Crippen LogP contribution in [0.2, 0.25) is 5.02 Å². The van der Waals surface area contributed by atoms with Gasteiger partial charge in [-0.15, -0.1) is 0 Å². The average molecular weight is 260 g/mol. The second-order valence-corrected chi connectivity index (χ2v) is 4.47. The van der Waals surface area contributed by atoms with Gasteiger partial charge in [-0.2, -0.15) is 0 Å². The Morgan fingerprint density at radius 1 is 1.46 bits per heavy atom. The number of hydrogen-bond donors (Lipinski definition) is 0. The first-order valence-electron chi connectivity index (χ1n) is 4.18. The zero-order valence-corrected chi connectivity index (χ0v) is 9.23. The molecule has 0 unspecified atom stereocenters. The van der Waals surface area contributed by atoms with Crippen molar-refractivity contribution in [3.05, 3.63) is 33.3 Å². The second-order valence-electron chi connectivity index (χ2n) is 3.24. The molecule has 0 aliphatic heterocycles. The minimum Gasteiger partial charge on any atom is -0.294 e. The Hall–Kier alpha value is -0.340. The molecule has 0 atom stereocenters. The van der Waals surface area contributed by atoms with E-state index in [1.54, 1.807) is 6.07 Å². The second kappa shape index (κ2) is 3.43. The summed E-state index contributed by atoms with van der Waals surface area (Å²) in [7, 11) is 0. The molecule has 0 amide bonds. The molecular formula is C10H8BrClO. The van der Waals surface area contributed by atoms with Gasteiger partial charge in [-0.3, -0.25) is 4.79 Å². The maximum absolute atomic E-state index is 11.7. The lowest BCUT2D eigenvalue weighted by Gasteiger charge is -2.02. The van der Waals surface area contributed by atoms with E-state index in [0.29, 0.717) is 10.6 Å². The van der Waals surface area contributed by atoms with Gasteiger partial charge in [0.25, 0.3) is 0 Å². The number of carbonyl (C=O) groups is 1. The maximum atomic E-state index is 11.7. The van der Waals surface area contributed by atoms with Crippen LogP contribution in [0.15, 0.2) is 22.7 Å². The predicted octanol–water partition coefficient (Wildman–Crippen LogP) is 3.70. The molecule has 1 aromatic rings. The van der Waals surface area contributed by atoms with Crippen molar-refractivity contribution in [2.45, 2.75) is 12.8 Å². The smallest absolute Gasteiger partial charge is 0.167 e. The van der Waals surface area contributed by atoms with Crippen molar-refractivity contribution in [2.75, 3.05) is 0 Å². The number of carbonyl (C=O) groups excluding carboxylic acids is 1. The molecule has 0 aromatic heterocycles. The highest BCUT2D eigenvalue weighted by atomic mass is 79.9. The quantitative estimate of drug-likeness (QED) is 0.740. The molecule has 1 saturated carbocycles. The van der Waals surface area contributed by atoms with Gasteiger partial charge in [-0.1, -0.05) is 17.7 Å². The summed E-state index contributed by atoms with van der Waals surface area (Å²) in [5, 5.41) is 0.541. The number of Topliss-reactive ketones (excluding diaryl/α,β-unsaturated/α-hetero) is 1. The Morgan fingerprint density at radius 2 is 2.15 bits per heavy atom. The fourth-order valence-electron chi connectivity index (χ4n) is 1.26. The largest absolute Gasteiger partial charge is 0.294 e. The normalized spacial score (nSPS) is 15.8. The minimum absolute atomic E-state index is 0.186. The lowest BCUT2D eigenvalue weighted by atomic mass is 10.1. The molecule has 0 saturated heterocycles. The van der Waals surface area contributed by atoms with Crippen LogP contribution >= 0.6 is 27.5 Å². The third-order valence-electron chi connectivity index (χ3n) is 2.17. The summed E-state index contributed by atoms with van der Waals surface area (Å²) in [5.74, 6) is 0.415. The summed E-state index contributed by atoms with van der Waals surface area (Å²) in [6, 6.07) is 5.46. The first-order valence-corrected chi connectivity index (χ1v) is 5.35. The van der Waals surface area contributed by atoms with Crippen molar-refractivity contribution in [3.63, 3.8) is 0 Å². The molecule has 3 heteroatoms. The molecule has 0 radical (unpaired) electrons. The van der Waals surface area contributed by atoms with E-state index in [2.05, 4.69) is 15.9 Å². The molecule has 1 fully saturated rings. The molecule has 13 heavy (non-hydrogen) atoms. The molecule has 2 rings (SSSR count). The third kappa shape index (κ3) is 1.79. The third-order valence-corrected chi connectivity index (χ3v) is 3.46. The predicted molar refractivity (Wildman–Crippen MR) is 56.2 cm³/mol. The van der Waals surface area contributed by atoms with Crippen molar-refractivity contribution in [1.29, 1.82) is 0 Å². The monoisotopic (exact) mass is 258 g/mol. The van der Waals surface area contributed by atoms with Crippen LogP contribution < -0.4 is 0 Å². The van der Waals surface area contributed by atoms with Gasteiger partial charge in [-0.05, 0) is 40.9 Å². The molecule has 1 aliphatic rings. The van der Waals surface area contributed by atoms with E-state index in [9.17, 15) is 4.79 Å². The summed E-state index contributed by atoms with van der Waals surface area (Å²) in [4.78, 5) is 11.7. The van der Waals surface area contributed by atoms with Crippen molar-refractivity contribution in [1.82, 2.24) is 0 Å². The zero-order valence-electron chi connectivity index (χ0n) is 6.89. The zero-order chi connectivity index (χ0) is 9.42. The fourth-order valence-corrected chi connectivity index (χ4v) is 1.84. The molecule has 0 N–H and O–H groups in total. The van der Waals surface area contributed by atoms with Crippen molar-refractivity contribution in [3.8, 4) is 0 Å². The van der Waals surface area contributed by atoms with Gasteiger partial charge >= 0.3 is 0 Å². The summed E-state index contributed by atoms with van der Waals surface area (Å²) in [6.45, 7) is 0. The topological polar surface area (TPSA) is 17.1 Å². The van der Waals surface area contributed by atoms with E-state index in [1.807, 2.05) is 12.1 Å². The SMILES string of the molecule is O=C(c1cccc(Br)c1Cl)C1CC1. The molecule has 0 bridgehead atoms. The van der Waals surface area contributed by atoms with E-state index in [0.717, 1.165) is 17.3 Å². The minimum atomic E-state index is 0.186. The summed E-state index contributed by atoms with van der Waals surface area (Å²) in [5.41, 5.74) is 0.651. The van der Waals surface area contributed by atoms with Gasteiger partial charge in [0.05, 0.1) is 5.02 Å². The Kier molecular flexibility index (Phi) is 2.43. The van der Waals surface area contributed by atoms with Gasteiger partial charge in [0.1, 0.15) is 0 Å². The van der Waals surface area contributed by atoms with Crippen LogP contribution in [-0.2, 0) is 0 Å². The molecule has 68 valence electrons. The fraction of sp³-hybridized carbons (Fsp3) is 0.300. The van der Waals surface area contributed by atoms with Crippen LogP contribution in [-0.4, -0.2) is 5.78 Å². The first kappa shape index (κ1) is 9.22. The van der Waals surface area contributed by atoms with Crippen LogP contribution in [0, 0.1) is 5.92 Å². The number of hydrogen-bond acceptors (Lipinski definition) is 1.